The fraction of sp³-hybridized carbons (Fsp3) is 0.692. The lowest BCUT2D eigenvalue weighted by atomic mass is 9.93. The molecule has 1 aliphatic rings. The molecule has 0 amide bonds. The van der Waals surface area contributed by atoms with Crippen LogP contribution in [0.2, 0.25) is 0 Å². The Kier molecular flexibility index (Phi) is 4.90. The lowest BCUT2D eigenvalue weighted by Crippen LogP contribution is -2.30. The molecule has 1 fully saturated rings. The fourth-order valence-electron chi connectivity index (χ4n) is 2.38. The molecule has 2 heterocycles. The SMILES string of the molecule is CNCCNc1ncc(C2CCCN(C)C2)cn1. The van der Waals surface area contributed by atoms with Gasteiger partial charge < -0.3 is 15.5 Å². The smallest absolute Gasteiger partial charge is 0.222 e. The van der Waals surface area contributed by atoms with E-state index in [9.17, 15) is 0 Å². The van der Waals surface area contributed by atoms with Crippen LogP contribution in [0, 0.1) is 0 Å². The first-order chi connectivity index (χ1) is 8.79. The van der Waals surface area contributed by atoms with Gasteiger partial charge in [0.1, 0.15) is 0 Å². The summed E-state index contributed by atoms with van der Waals surface area (Å²) < 4.78 is 0. The third-order valence-corrected chi connectivity index (χ3v) is 3.43. The van der Waals surface area contributed by atoms with Crippen LogP contribution in [-0.4, -0.2) is 55.1 Å². The van der Waals surface area contributed by atoms with Crippen LogP contribution in [-0.2, 0) is 0 Å². The number of anilines is 1. The summed E-state index contributed by atoms with van der Waals surface area (Å²) in [5, 5.41) is 6.27. The van der Waals surface area contributed by atoms with Crippen molar-refractivity contribution >= 4 is 5.95 Å². The molecule has 0 radical (unpaired) electrons. The molecule has 1 saturated heterocycles. The van der Waals surface area contributed by atoms with Gasteiger partial charge >= 0.3 is 0 Å². The second-order valence-electron chi connectivity index (χ2n) is 4.97. The molecule has 0 saturated carbocycles. The highest BCUT2D eigenvalue weighted by atomic mass is 15.1. The highest BCUT2D eigenvalue weighted by Gasteiger charge is 2.19. The molecule has 2 N–H and O–H groups in total. The summed E-state index contributed by atoms with van der Waals surface area (Å²) in [5.41, 5.74) is 1.26. The number of likely N-dealkylation sites (tertiary alicyclic amines) is 1. The minimum absolute atomic E-state index is 0.593. The van der Waals surface area contributed by atoms with E-state index in [0.29, 0.717) is 5.92 Å². The standard InChI is InChI=1S/C13H23N5/c1-14-5-6-15-13-16-8-12(9-17-13)11-4-3-7-18(2)10-11/h8-9,11,14H,3-7,10H2,1-2H3,(H,15,16,17). The average Bonchev–Trinajstić information content (AvgIpc) is 2.40. The van der Waals surface area contributed by atoms with Crippen molar-refractivity contribution in [2.75, 3.05) is 45.6 Å². The van der Waals surface area contributed by atoms with E-state index in [1.165, 1.54) is 24.9 Å². The number of rotatable bonds is 5. The van der Waals surface area contributed by atoms with Crippen molar-refractivity contribution in [2.24, 2.45) is 0 Å². The lowest BCUT2D eigenvalue weighted by molar-refractivity contribution is 0.250. The summed E-state index contributed by atoms with van der Waals surface area (Å²) in [7, 11) is 4.12. The van der Waals surface area contributed by atoms with Gasteiger partial charge in [-0.15, -0.1) is 0 Å². The van der Waals surface area contributed by atoms with Gasteiger partial charge in [0.2, 0.25) is 5.95 Å². The molecule has 1 atom stereocenters. The molecule has 18 heavy (non-hydrogen) atoms. The van der Waals surface area contributed by atoms with Crippen LogP contribution < -0.4 is 10.6 Å². The number of nitrogens with one attached hydrogen (secondary N) is 2. The molecule has 5 heteroatoms. The van der Waals surface area contributed by atoms with Gasteiger partial charge in [-0.2, -0.15) is 0 Å². The zero-order valence-electron chi connectivity index (χ0n) is 11.3. The van der Waals surface area contributed by atoms with Crippen molar-refractivity contribution in [1.82, 2.24) is 20.2 Å². The Morgan fingerprint density at radius 2 is 2.11 bits per heavy atom. The normalized spacial score (nSPS) is 20.9. The van der Waals surface area contributed by atoms with Gasteiger partial charge in [0.05, 0.1) is 0 Å². The third kappa shape index (κ3) is 3.65. The monoisotopic (exact) mass is 249 g/mol. The minimum Gasteiger partial charge on any atom is -0.353 e. The Hall–Kier alpha value is -1.20. The molecule has 1 aliphatic heterocycles. The Morgan fingerprint density at radius 1 is 1.33 bits per heavy atom. The highest BCUT2D eigenvalue weighted by Crippen LogP contribution is 2.25. The summed E-state index contributed by atoms with van der Waals surface area (Å²) >= 11 is 0. The third-order valence-electron chi connectivity index (χ3n) is 3.43. The van der Waals surface area contributed by atoms with Crippen LogP contribution >= 0.6 is 0 Å². The Labute approximate surface area is 109 Å². The van der Waals surface area contributed by atoms with E-state index in [1.54, 1.807) is 0 Å². The maximum atomic E-state index is 4.38. The highest BCUT2D eigenvalue weighted by molar-refractivity contribution is 5.26. The van der Waals surface area contributed by atoms with Crippen LogP contribution in [0.3, 0.4) is 0 Å². The van der Waals surface area contributed by atoms with Crippen LogP contribution in [0.15, 0.2) is 12.4 Å². The predicted octanol–water partition coefficient (Wildman–Crippen LogP) is 0.917. The number of hydrogen-bond donors (Lipinski definition) is 2. The van der Waals surface area contributed by atoms with E-state index < -0.39 is 0 Å². The van der Waals surface area contributed by atoms with Gasteiger partial charge in [-0.3, -0.25) is 0 Å². The Morgan fingerprint density at radius 3 is 2.78 bits per heavy atom. The van der Waals surface area contributed by atoms with Crippen LogP contribution in [0.4, 0.5) is 5.95 Å². The number of aromatic nitrogens is 2. The second kappa shape index (κ2) is 6.66. The van der Waals surface area contributed by atoms with Gasteiger partial charge in [-0.1, -0.05) is 0 Å². The van der Waals surface area contributed by atoms with Crippen molar-refractivity contribution in [2.45, 2.75) is 18.8 Å². The number of piperidine rings is 1. The predicted molar refractivity (Wildman–Crippen MR) is 73.9 cm³/mol. The van der Waals surface area contributed by atoms with Crippen molar-refractivity contribution in [3.05, 3.63) is 18.0 Å². The van der Waals surface area contributed by atoms with Crippen molar-refractivity contribution in [3.8, 4) is 0 Å². The van der Waals surface area contributed by atoms with E-state index in [4.69, 9.17) is 0 Å². The van der Waals surface area contributed by atoms with Crippen molar-refractivity contribution in [1.29, 1.82) is 0 Å². The molecule has 2 rings (SSSR count). The van der Waals surface area contributed by atoms with Crippen molar-refractivity contribution < 1.29 is 0 Å². The summed E-state index contributed by atoms with van der Waals surface area (Å²) in [4.78, 5) is 11.1. The fourth-order valence-corrected chi connectivity index (χ4v) is 2.38. The number of hydrogen-bond acceptors (Lipinski definition) is 5. The first kappa shape index (κ1) is 13.2. The van der Waals surface area contributed by atoms with E-state index in [-0.39, 0.29) is 0 Å². The lowest BCUT2D eigenvalue weighted by Gasteiger charge is -2.29. The van der Waals surface area contributed by atoms with Crippen LogP contribution in [0.25, 0.3) is 0 Å². The van der Waals surface area contributed by atoms with Gasteiger partial charge in [-0.25, -0.2) is 9.97 Å². The van der Waals surface area contributed by atoms with E-state index in [0.717, 1.165) is 25.6 Å². The molecule has 0 spiro atoms. The molecule has 100 valence electrons. The van der Waals surface area contributed by atoms with Crippen LogP contribution in [0.1, 0.15) is 24.3 Å². The summed E-state index contributed by atoms with van der Waals surface area (Å²) in [6.07, 6.45) is 6.46. The Balaban J connectivity index is 1.90. The second-order valence-corrected chi connectivity index (χ2v) is 4.97. The molecule has 1 aromatic rings. The minimum atomic E-state index is 0.593. The molecule has 0 aromatic carbocycles. The molecule has 0 aliphatic carbocycles. The topological polar surface area (TPSA) is 53.1 Å². The first-order valence-electron chi connectivity index (χ1n) is 6.68. The van der Waals surface area contributed by atoms with Crippen molar-refractivity contribution in [3.63, 3.8) is 0 Å². The largest absolute Gasteiger partial charge is 0.353 e. The van der Waals surface area contributed by atoms with Gasteiger partial charge in [0.15, 0.2) is 0 Å². The van der Waals surface area contributed by atoms with E-state index in [2.05, 4.69) is 32.5 Å². The van der Waals surface area contributed by atoms with E-state index >= 15 is 0 Å². The number of likely N-dealkylation sites (N-methyl/N-ethyl adjacent to an activating group) is 2. The zero-order valence-corrected chi connectivity index (χ0v) is 11.3. The average molecular weight is 249 g/mol. The molecule has 1 aromatic heterocycles. The summed E-state index contributed by atoms with van der Waals surface area (Å²) in [6.45, 7) is 4.09. The summed E-state index contributed by atoms with van der Waals surface area (Å²) in [6, 6.07) is 0. The van der Waals surface area contributed by atoms with Gasteiger partial charge in [-0.05, 0) is 45.0 Å². The maximum absolute atomic E-state index is 4.38. The number of nitrogens with zero attached hydrogens (tertiary/aromatic N) is 3. The zero-order chi connectivity index (χ0) is 12.8. The van der Waals surface area contributed by atoms with Gasteiger partial charge in [0, 0.05) is 32.0 Å². The maximum Gasteiger partial charge on any atom is 0.222 e. The summed E-state index contributed by atoms with van der Waals surface area (Å²) in [5.74, 6) is 1.31. The first-order valence-corrected chi connectivity index (χ1v) is 6.68. The molecule has 5 nitrogen and oxygen atoms in total. The quantitative estimate of drug-likeness (QED) is 0.760. The van der Waals surface area contributed by atoms with Crippen LogP contribution in [0.5, 0.6) is 0 Å². The Bertz CT molecular complexity index is 351. The molecular formula is C13H23N5. The van der Waals surface area contributed by atoms with Gasteiger partial charge in [0.25, 0.3) is 0 Å². The van der Waals surface area contributed by atoms with E-state index in [1.807, 2.05) is 19.4 Å². The molecule has 1 unspecified atom stereocenters. The molecule has 0 bridgehead atoms. The molecular weight excluding hydrogens is 226 g/mol.